The summed E-state index contributed by atoms with van der Waals surface area (Å²) in [4.78, 5) is 16.8. The standard InChI is InChI=1S/C20H20N2O4S2/c1-24-15-9-12(10-16(25-2)19(15)26-3)5-8-18(23)21-13-6-7-14-17(11-13)28-20(22-14)27-4/h5-11H,1-4H3,(H,21,23)/b8-5+. The zero-order valence-corrected chi connectivity index (χ0v) is 17.6. The molecule has 3 aromatic rings. The number of nitrogens with one attached hydrogen (secondary N) is 1. The summed E-state index contributed by atoms with van der Waals surface area (Å²) in [6, 6.07) is 9.23. The number of thioether (sulfide) groups is 1. The van der Waals surface area contributed by atoms with Gasteiger partial charge < -0.3 is 19.5 Å². The van der Waals surface area contributed by atoms with Gasteiger partial charge in [0.2, 0.25) is 11.7 Å². The van der Waals surface area contributed by atoms with Crippen LogP contribution in [0.3, 0.4) is 0 Å². The Morgan fingerprint density at radius 2 is 1.82 bits per heavy atom. The molecule has 0 atom stereocenters. The minimum Gasteiger partial charge on any atom is -0.493 e. The van der Waals surface area contributed by atoms with Gasteiger partial charge in [0.15, 0.2) is 15.8 Å². The van der Waals surface area contributed by atoms with Crippen molar-refractivity contribution in [1.29, 1.82) is 0 Å². The molecule has 28 heavy (non-hydrogen) atoms. The molecule has 0 bridgehead atoms. The van der Waals surface area contributed by atoms with E-state index in [1.165, 1.54) is 6.08 Å². The van der Waals surface area contributed by atoms with Crippen LogP contribution in [-0.4, -0.2) is 38.5 Å². The first-order valence-corrected chi connectivity index (χ1v) is 10.4. The van der Waals surface area contributed by atoms with Crippen molar-refractivity contribution < 1.29 is 19.0 Å². The van der Waals surface area contributed by atoms with Crippen LogP contribution < -0.4 is 19.5 Å². The van der Waals surface area contributed by atoms with Crippen LogP contribution >= 0.6 is 23.1 Å². The first-order valence-electron chi connectivity index (χ1n) is 8.31. The van der Waals surface area contributed by atoms with Gasteiger partial charge >= 0.3 is 0 Å². The molecule has 1 amide bonds. The molecule has 0 spiro atoms. The molecule has 3 rings (SSSR count). The van der Waals surface area contributed by atoms with Crippen LogP contribution in [-0.2, 0) is 4.79 Å². The van der Waals surface area contributed by atoms with E-state index < -0.39 is 0 Å². The molecule has 0 saturated carbocycles. The number of hydrogen-bond donors (Lipinski definition) is 1. The summed E-state index contributed by atoms with van der Waals surface area (Å²) in [5, 5.41) is 2.87. The topological polar surface area (TPSA) is 69.7 Å². The highest BCUT2D eigenvalue weighted by atomic mass is 32.2. The molecule has 0 aliphatic heterocycles. The number of thiazole rings is 1. The van der Waals surface area contributed by atoms with Gasteiger partial charge in [-0.25, -0.2) is 4.98 Å². The normalized spacial score (nSPS) is 11.0. The number of fused-ring (bicyclic) bond motifs is 1. The first kappa shape index (κ1) is 20.0. The summed E-state index contributed by atoms with van der Waals surface area (Å²) in [6.07, 6.45) is 5.15. The van der Waals surface area contributed by atoms with E-state index in [9.17, 15) is 4.79 Å². The summed E-state index contributed by atoms with van der Waals surface area (Å²) < 4.78 is 18.0. The van der Waals surface area contributed by atoms with Gasteiger partial charge in [-0.3, -0.25) is 4.79 Å². The lowest BCUT2D eigenvalue weighted by molar-refractivity contribution is -0.111. The second-order valence-corrected chi connectivity index (χ2v) is 7.73. The highest BCUT2D eigenvalue weighted by Gasteiger charge is 2.12. The Morgan fingerprint density at radius 1 is 1.11 bits per heavy atom. The summed E-state index contributed by atoms with van der Waals surface area (Å²) in [6.45, 7) is 0. The zero-order valence-electron chi connectivity index (χ0n) is 15.9. The van der Waals surface area contributed by atoms with Crippen molar-refractivity contribution in [2.75, 3.05) is 32.9 Å². The van der Waals surface area contributed by atoms with Gasteiger partial charge in [-0.05, 0) is 48.2 Å². The summed E-state index contributed by atoms with van der Waals surface area (Å²) in [7, 11) is 4.65. The fourth-order valence-electron chi connectivity index (χ4n) is 2.62. The van der Waals surface area contributed by atoms with Gasteiger partial charge in [0, 0.05) is 11.8 Å². The van der Waals surface area contributed by atoms with Crippen LogP contribution in [0, 0.1) is 0 Å². The van der Waals surface area contributed by atoms with Gasteiger partial charge in [-0.1, -0.05) is 11.8 Å². The molecule has 0 aliphatic rings. The number of anilines is 1. The van der Waals surface area contributed by atoms with Crippen LogP contribution in [0.5, 0.6) is 17.2 Å². The Labute approximate surface area is 171 Å². The van der Waals surface area contributed by atoms with Crippen molar-refractivity contribution in [3.05, 3.63) is 42.0 Å². The van der Waals surface area contributed by atoms with Gasteiger partial charge in [-0.2, -0.15) is 0 Å². The van der Waals surface area contributed by atoms with Crippen LogP contribution in [0.4, 0.5) is 5.69 Å². The van der Waals surface area contributed by atoms with Gasteiger partial charge in [0.25, 0.3) is 0 Å². The van der Waals surface area contributed by atoms with E-state index in [-0.39, 0.29) is 5.91 Å². The Bertz CT molecular complexity index is 1010. The number of carbonyl (C=O) groups excluding carboxylic acids is 1. The van der Waals surface area contributed by atoms with Crippen LogP contribution in [0.1, 0.15) is 5.56 Å². The molecule has 0 radical (unpaired) electrons. The number of carbonyl (C=O) groups is 1. The monoisotopic (exact) mass is 416 g/mol. The van der Waals surface area contributed by atoms with Crippen LogP contribution in [0.15, 0.2) is 40.7 Å². The minimum absolute atomic E-state index is 0.234. The molecule has 1 heterocycles. The summed E-state index contributed by atoms with van der Waals surface area (Å²) in [5.74, 6) is 1.33. The molecule has 0 unspecified atom stereocenters. The average molecular weight is 417 g/mol. The Morgan fingerprint density at radius 3 is 2.43 bits per heavy atom. The van der Waals surface area contributed by atoms with Crippen LogP contribution in [0.2, 0.25) is 0 Å². The van der Waals surface area contributed by atoms with E-state index >= 15 is 0 Å². The summed E-state index contributed by atoms with van der Waals surface area (Å²) >= 11 is 3.21. The third-order valence-electron chi connectivity index (χ3n) is 3.93. The van der Waals surface area contributed by atoms with E-state index in [1.54, 1.807) is 62.6 Å². The molecule has 1 N–H and O–H groups in total. The SMILES string of the molecule is COc1cc(/C=C/C(=O)Nc2ccc3nc(SC)sc3c2)cc(OC)c1OC. The maximum atomic E-state index is 12.3. The second-order valence-electron chi connectivity index (χ2n) is 5.65. The molecule has 0 aliphatic carbocycles. The van der Waals surface area contributed by atoms with Crippen molar-refractivity contribution in [2.24, 2.45) is 0 Å². The maximum absolute atomic E-state index is 12.3. The Balaban J connectivity index is 1.76. The fraction of sp³-hybridized carbons (Fsp3) is 0.200. The van der Waals surface area contributed by atoms with E-state index in [0.29, 0.717) is 17.2 Å². The lowest BCUT2D eigenvalue weighted by Gasteiger charge is -2.12. The average Bonchev–Trinajstić information content (AvgIpc) is 3.13. The maximum Gasteiger partial charge on any atom is 0.248 e. The van der Waals surface area contributed by atoms with Crippen molar-refractivity contribution in [3.8, 4) is 17.2 Å². The third-order valence-corrected chi connectivity index (χ3v) is 5.93. The number of rotatable bonds is 7. The van der Waals surface area contributed by atoms with Crippen molar-refractivity contribution in [3.63, 3.8) is 0 Å². The van der Waals surface area contributed by atoms with Gasteiger partial charge in [0.05, 0.1) is 31.5 Å². The smallest absolute Gasteiger partial charge is 0.248 e. The van der Waals surface area contributed by atoms with Crippen LogP contribution in [0.25, 0.3) is 16.3 Å². The molecule has 1 aromatic heterocycles. The van der Waals surface area contributed by atoms with Crippen molar-refractivity contribution in [1.82, 2.24) is 4.98 Å². The van der Waals surface area contributed by atoms with Gasteiger partial charge in [-0.15, -0.1) is 11.3 Å². The molecule has 0 fully saturated rings. The van der Waals surface area contributed by atoms with E-state index in [2.05, 4.69) is 10.3 Å². The number of benzene rings is 2. The largest absolute Gasteiger partial charge is 0.493 e. The Kier molecular flexibility index (Phi) is 6.43. The zero-order chi connectivity index (χ0) is 20.1. The van der Waals surface area contributed by atoms with Gasteiger partial charge in [0.1, 0.15) is 0 Å². The number of amides is 1. The van der Waals surface area contributed by atoms with E-state index in [1.807, 2.05) is 24.5 Å². The molecule has 8 heteroatoms. The number of hydrogen-bond acceptors (Lipinski definition) is 7. The Hall–Kier alpha value is -2.71. The van der Waals surface area contributed by atoms with Crippen molar-refractivity contribution in [2.45, 2.75) is 4.34 Å². The highest BCUT2D eigenvalue weighted by Crippen LogP contribution is 2.38. The van der Waals surface area contributed by atoms with E-state index in [0.717, 1.165) is 25.8 Å². The third kappa shape index (κ3) is 4.40. The number of nitrogens with zero attached hydrogens (tertiary/aromatic N) is 1. The lowest BCUT2D eigenvalue weighted by atomic mass is 10.1. The fourth-order valence-corrected chi connectivity index (χ4v) is 4.15. The number of aromatic nitrogens is 1. The lowest BCUT2D eigenvalue weighted by Crippen LogP contribution is -2.07. The predicted molar refractivity (Wildman–Crippen MR) is 115 cm³/mol. The molecule has 2 aromatic carbocycles. The van der Waals surface area contributed by atoms with Crippen molar-refractivity contribution >= 4 is 51.0 Å². The molecular formula is C20H20N2O4S2. The molecule has 146 valence electrons. The number of methoxy groups -OCH3 is 3. The minimum atomic E-state index is -0.234. The quantitative estimate of drug-likeness (QED) is 0.445. The highest BCUT2D eigenvalue weighted by molar-refractivity contribution is 8.00. The molecule has 6 nitrogen and oxygen atoms in total. The predicted octanol–water partition coefficient (Wildman–Crippen LogP) is 4.70. The summed E-state index contributed by atoms with van der Waals surface area (Å²) in [5.41, 5.74) is 2.41. The second kappa shape index (κ2) is 8.99. The number of ether oxygens (including phenoxy) is 3. The van der Waals surface area contributed by atoms with E-state index in [4.69, 9.17) is 14.2 Å². The molecule has 0 saturated heterocycles. The first-order chi connectivity index (χ1) is 13.6. The molecular weight excluding hydrogens is 396 g/mol.